The number of hydrogen-bond donors (Lipinski definition) is 0. The van der Waals surface area contributed by atoms with Crippen LogP contribution < -0.4 is 0 Å². The molecule has 0 spiro atoms. The van der Waals surface area contributed by atoms with Crippen LogP contribution in [-0.4, -0.2) is 57.8 Å². The van der Waals surface area contributed by atoms with Gasteiger partial charge in [-0.05, 0) is 20.8 Å². The van der Waals surface area contributed by atoms with Gasteiger partial charge in [0.25, 0.3) is 5.91 Å². The molecule has 0 aliphatic rings. The molecule has 0 saturated carbocycles. The summed E-state index contributed by atoms with van der Waals surface area (Å²) < 4.78 is 0. The first-order chi connectivity index (χ1) is 9.63. The van der Waals surface area contributed by atoms with Crippen molar-refractivity contribution >= 4 is 11.8 Å². The van der Waals surface area contributed by atoms with Crippen molar-refractivity contribution < 1.29 is 9.59 Å². The Kier molecular flexibility index (Phi) is 6.63. The Balaban J connectivity index is 2.60. The van der Waals surface area contributed by atoms with Gasteiger partial charge in [-0.3, -0.25) is 14.6 Å². The van der Waals surface area contributed by atoms with Crippen molar-refractivity contribution in [2.75, 3.05) is 26.2 Å². The van der Waals surface area contributed by atoms with Crippen molar-refractivity contribution in [3.8, 4) is 0 Å². The number of aromatic nitrogens is 2. The van der Waals surface area contributed by atoms with Crippen molar-refractivity contribution in [3.63, 3.8) is 0 Å². The van der Waals surface area contributed by atoms with Gasteiger partial charge in [-0.15, -0.1) is 0 Å². The highest BCUT2D eigenvalue weighted by Crippen LogP contribution is 2.03. The Bertz CT molecular complexity index is 432. The minimum absolute atomic E-state index is 0.0698. The Hall–Kier alpha value is -1.98. The third-order valence-electron chi connectivity index (χ3n) is 3.16. The minimum atomic E-state index is -0.187. The average Bonchev–Trinajstić information content (AvgIpc) is 2.49. The summed E-state index contributed by atoms with van der Waals surface area (Å²) in [6.45, 7) is 8.12. The number of amides is 2. The second kappa shape index (κ2) is 8.24. The van der Waals surface area contributed by atoms with Crippen LogP contribution in [0.4, 0.5) is 0 Å². The SMILES string of the molecule is CCN(CC)C(=O)CCN(CC)C(=O)c1cnccn1. The van der Waals surface area contributed by atoms with Gasteiger partial charge in [0, 0.05) is 45.0 Å². The lowest BCUT2D eigenvalue weighted by Crippen LogP contribution is -2.37. The molecule has 0 aromatic carbocycles. The van der Waals surface area contributed by atoms with E-state index in [-0.39, 0.29) is 11.8 Å². The summed E-state index contributed by atoms with van der Waals surface area (Å²) in [7, 11) is 0. The van der Waals surface area contributed by atoms with Gasteiger partial charge in [0.05, 0.1) is 6.20 Å². The summed E-state index contributed by atoms with van der Waals surface area (Å²) in [6.07, 6.45) is 4.79. The molecular formula is C14H22N4O2. The van der Waals surface area contributed by atoms with Crippen molar-refractivity contribution in [1.82, 2.24) is 19.8 Å². The molecule has 6 heteroatoms. The highest BCUT2D eigenvalue weighted by Gasteiger charge is 2.18. The average molecular weight is 278 g/mol. The fourth-order valence-corrected chi connectivity index (χ4v) is 1.94. The van der Waals surface area contributed by atoms with Crippen LogP contribution in [0.5, 0.6) is 0 Å². The van der Waals surface area contributed by atoms with Crippen molar-refractivity contribution in [1.29, 1.82) is 0 Å². The van der Waals surface area contributed by atoms with Gasteiger partial charge in [-0.25, -0.2) is 4.98 Å². The maximum atomic E-state index is 12.2. The van der Waals surface area contributed by atoms with Crippen LogP contribution in [0.2, 0.25) is 0 Å². The monoisotopic (exact) mass is 278 g/mol. The summed E-state index contributed by atoms with van der Waals surface area (Å²) in [5.74, 6) is -0.117. The van der Waals surface area contributed by atoms with Crippen LogP contribution in [0.3, 0.4) is 0 Å². The molecule has 1 aromatic heterocycles. The van der Waals surface area contributed by atoms with Gasteiger partial charge in [0.1, 0.15) is 5.69 Å². The van der Waals surface area contributed by atoms with Crippen LogP contribution in [0, 0.1) is 0 Å². The number of nitrogens with zero attached hydrogens (tertiary/aromatic N) is 4. The van der Waals surface area contributed by atoms with E-state index in [1.807, 2.05) is 20.8 Å². The number of carbonyl (C=O) groups is 2. The molecule has 6 nitrogen and oxygen atoms in total. The second-order valence-electron chi connectivity index (χ2n) is 4.29. The standard InChI is InChI=1S/C14H22N4O2/c1-4-17(5-2)13(19)7-10-18(6-3)14(20)12-11-15-8-9-16-12/h8-9,11H,4-7,10H2,1-3H3. The van der Waals surface area contributed by atoms with E-state index in [0.29, 0.717) is 38.3 Å². The molecule has 0 atom stereocenters. The summed E-state index contributed by atoms with van der Waals surface area (Å²) in [6, 6.07) is 0. The van der Waals surface area contributed by atoms with E-state index < -0.39 is 0 Å². The number of hydrogen-bond acceptors (Lipinski definition) is 4. The second-order valence-corrected chi connectivity index (χ2v) is 4.29. The Morgan fingerprint density at radius 2 is 1.70 bits per heavy atom. The molecule has 0 unspecified atom stereocenters. The molecule has 0 N–H and O–H groups in total. The molecule has 1 rings (SSSR count). The van der Waals surface area contributed by atoms with Crippen molar-refractivity contribution in [2.24, 2.45) is 0 Å². The van der Waals surface area contributed by atoms with Crippen LogP contribution in [0.1, 0.15) is 37.7 Å². The van der Waals surface area contributed by atoms with Crippen LogP contribution in [0.25, 0.3) is 0 Å². The van der Waals surface area contributed by atoms with Crippen LogP contribution in [-0.2, 0) is 4.79 Å². The molecule has 0 fully saturated rings. The highest BCUT2D eigenvalue weighted by atomic mass is 16.2. The molecule has 1 aromatic rings. The summed E-state index contributed by atoms with van der Waals surface area (Å²) in [5.41, 5.74) is 0.310. The topological polar surface area (TPSA) is 66.4 Å². The summed E-state index contributed by atoms with van der Waals surface area (Å²) >= 11 is 0. The van der Waals surface area contributed by atoms with E-state index in [0.717, 1.165) is 0 Å². The van der Waals surface area contributed by atoms with Crippen LogP contribution >= 0.6 is 0 Å². The molecule has 0 radical (unpaired) electrons. The largest absolute Gasteiger partial charge is 0.343 e. The van der Waals surface area contributed by atoms with E-state index in [9.17, 15) is 9.59 Å². The first-order valence-corrected chi connectivity index (χ1v) is 6.97. The quantitative estimate of drug-likeness (QED) is 0.751. The van der Waals surface area contributed by atoms with E-state index in [4.69, 9.17) is 0 Å². The van der Waals surface area contributed by atoms with Gasteiger partial charge in [-0.1, -0.05) is 0 Å². The zero-order valence-electron chi connectivity index (χ0n) is 12.4. The van der Waals surface area contributed by atoms with Crippen molar-refractivity contribution in [2.45, 2.75) is 27.2 Å². The molecule has 1 heterocycles. The van der Waals surface area contributed by atoms with Crippen molar-refractivity contribution in [3.05, 3.63) is 24.3 Å². The predicted molar refractivity (Wildman–Crippen MR) is 76.2 cm³/mol. The van der Waals surface area contributed by atoms with Gasteiger partial charge < -0.3 is 9.80 Å². The molecule has 0 aliphatic carbocycles. The van der Waals surface area contributed by atoms with E-state index in [1.54, 1.807) is 9.80 Å². The predicted octanol–water partition coefficient (Wildman–Crippen LogP) is 1.20. The molecule has 20 heavy (non-hydrogen) atoms. The smallest absolute Gasteiger partial charge is 0.274 e. The van der Waals surface area contributed by atoms with Gasteiger partial charge in [0.2, 0.25) is 5.91 Å². The van der Waals surface area contributed by atoms with E-state index in [1.165, 1.54) is 18.6 Å². The summed E-state index contributed by atoms with van der Waals surface area (Å²) in [5, 5.41) is 0. The third kappa shape index (κ3) is 4.29. The fourth-order valence-electron chi connectivity index (χ4n) is 1.94. The molecule has 2 amide bonds. The van der Waals surface area contributed by atoms with Gasteiger partial charge in [-0.2, -0.15) is 0 Å². The number of rotatable bonds is 7. The van der Waals surface area contributed by atoms with Gasteiger partial charge in [0.15, 0.2) is 0 Å². The van der Waals surface area contributed by atoms with Crippen LogP contribution in [0.15, 0.2) is 18.6 Å². The third-order valence-corrected chi connectivity index (χ3v) is 3.16. The Labute approximate surface area is 119 Å². The zero-order chi connectivity index (χ0) is 15.0. The zero-order valence-corrected chi connectivity index (χ0v) is 12.4. The normalized spacial score (nSPS) is 10.2. The number of carbonyl (C=O) groups excluding carboxylic acids is 2. The first kappa shape index (κ1) is 16.1. The lowest BCUT2D eigenvalue weighted by atomic mass is 10.3. The summed E-state index contributed by atoms with van der Waals surface area (Å²) in [4.78, 5) is 35.4. The maximum Gasteiger partial charge on any atom is 0.274 e. The lowest BCUT2D eigenvalue weighted by Gasteiger charge is -2.23. The molecule has 0 aliphatic heterocycles. The first-order valence-electron chi connectivity index (χ1n) is 6.97. The molecule has 0 bridgehead atoms. The highest BCUT2D eigenvalue weighted by molar-refractivity contribution is 5.92. The minimum Gasteiger partial charge on any atom is -0.343 e. The van der Waals surface area contributed by atoms with E-state index in [2.05, 4.69) is 9.97 Å². The van der Waals surface area contributed by atoms with Gasteiger partial charge >= 0.3 is 0 Å². The fraction of sp³-hybridized carbons (Fsp3) is 0.571. The maximum absolute atomic E-state index is 12.2. The molecule has 0 saturated heterocycles. The Morgan fingerprint density at radius 1 is 1.05 bits per heavy atom. The lowest BCUT2D eigenvalue weighted by molar-refractivity contribution is -0.131. The van der Waals surface area contributed by atoms with E-state index >= 15 is 0 Å². The molecule has 110 valence electrons. The Morgan fingerprint density at radius 3 is 2.20 bits per heavy atom. The molecular weight excluding hydrogens is 256 g/mol.